The molecule has 1 fully saturated rings. The molecule has 0 radical (unpaired) electrons. The summed E-state index contributed by atoms with van der Waals surface area (Å²) in [6, 6.07) is 3.97. The van der Waals surface area contributed by atoms with E-state index in [1.807, 2.05) is 4.90 Å². The van der Waals surface area contributed by atoms with Gasteiger partial charge in [0.15, 0.2) is 0 Å². The highest BCUT2D eigenvalue weighted by molar-refractivity contribution is 5.19. The second-order valence-electron chi connectivity index (χ2n) is 5.05. The molecule has 1 heterocycles. The minimum absolute atomic E-state index is 0.146. The number of nitrogens with zero attached hydrogens (tertiary/aromatic N) is 1. The van der Waals surface area contributed by atoms with Gasteiger partial charge in [0.2, 0.25) is 0 Å². The van der Waals surface area contributed by atoms with E-state index >= 15 is 0 Å². The van der Waals surface area contributed by atoms with E-state index < -0.39 is 11.6 Å². The number of piperidine rings is 1. The van der Waals surface area contributed by atoms with Gasteiger partial charge in [0, 0.05) is 12.1 Å². The molecule has 0 saturated carbocycles. The van der Waals surface area contributed by atoms with Crippen LogP contribution in [0.25, 0.3) is 0 Å². The maximum Gasteiger partial charge on any atom is 0.130 e. The molecule has 0 amide bonds. The summed E-state index contributed by atoms with van der Waals surface area (Å²) < 4.78 is 27.0. The highest BCUT2D eigenvalue weighted by Crippen LogP contribution is 2.23. The van der Waals surface area contributed by atoms with Crippen molar-refractivity contribution in [3.63, 3.8) is 0 Å². The van der Waals surface area contributed by atoms with Crippen molar-refractivity contribution in [3.8, 4) is 0 Å². The van der Waals surface area contributed by atoms with E-state index in [-0.39, 0.29) is 11.7 Å². The predicted octanol–water partition coefficient (Wildman–Crippen LogP) is 2.56. The lowest BCUT2D eigenvalue weighted by Crippen LogP contribution is -2.36. The third kappa shape index (κ3) is 3.06. The summed E-state index contributed by atoms with van der Waals surface area (Å²) >= 11 is 0. The molecule has 1 aliphatic heterocycles. The molecule has 1 unspecified atom stereocenters. The van der Waals surface area contributed by atoms with Gasteiger partial charge in [-0.05, 0) is 50.9 Å². The van der Waals surface area contributed by atoms with Crippen LogP contribution in [0, 0.1) is 17.6 Å². The highest BCUT2D eigenvalue weighted by Gasteiger charge is 2.23. The Morgan fingerprint density at radius 2 is 1.83 bits per heavy atom. The first-order chi connectivity index (χ1) is 8.58. The van der Waals surface area contributed by atoms with Crippen molar-refractivity contribution >= 4 is 0 Å². The number of hydrogen-bond acceptors (Lipinski definition) is 2. The van der Waals surface area contributed by atoms with Crippen LogP contribution in [0.3, 0.4) is 0 Å². The zero-order chi connectivity index (χ0) is 13.1. The van der Waals surface area contributed by atoms with E-state index in [0.717, 1.165) is 25.9 Å². The van der Waals surface area contributed by atoms with Gasteiger partial charge in [-0.3, -0.25) is 4.90 Å². The smallest absolute Gasteiger partial charge is 0.130 e. The maximum atomic E-state index is 13.5. The molecule has 1 saturated heterocycles. The molecule has 0 spiro atoms. The van der Waals surface area contributed by atoms with Gasteiger partial charge >= 0.3 is 0 Å². The lowest BCUT2D eigenvalue weighted by Gasteiger charge is -2.33. The number of halogens is 2. The molecular formula is C14H19F2NO. The summed E-state index contributed by atoms with van der Waals surface area (Å²) in [5, 5.41) is 9.50. The zero-order valence-electron chi connectivity index (χ0n) is 10.6. The van der Waals surface area contributed by atoms with Crippen LogP contribution in [0.1, 0.15) is 25.3 Å². The lowest BCUT2D eigenvalue weighted by molar-refractivity contribution is 0.0688. The molecule has 100 valence electrons. The van der Waals surface area contributed by atoms with Gasteiger partial charge < -0.3 is 5.11 Å². The Bertz CT molecular complexity index is 381. The monoisotopic (exact) mass is 255 g/mol. The van der Waals surface area contributed by atoms with Crippen LogP contribution in [0.5, 0.6) is 0 Å². The predicted molar refractivity (Wildman–Crippen MR) is 66.0 cm³/mol. The maximum absolute atomic E-state index is 13.5. The zero-order valence-corrected chi connectivity index (χ0v) is 10.6. The van der Waals surface area contributed by atoms with Crippen LogP contribution < -0.4 is 0 Å². The SMILES string of the molecule is CC(O)C1CCN(Cc2c(F)cccc2F)CC1. The van der Waals surface area contributed by atoms with Crippen molar-refractivity contribution in [2.75, 3.05) is 13.1 Å². The first kappa shape index (κ1) is 13.4. The summed E-state index contributed by atoms with van der Waals surface area (Å²) in [5.74, 6) is -0.646. The minimum atomic E-state index is -0.479. The van der Waals surface area contributed by atoms with Crippen molar-refractivity contribution in [2.24, 2.45) is 5.92 Å². The Balaban J connectivity index is 1.96. The van der Waals surface area contributed by atoms with Crippen LogP contribution in [-0.4, -0.2) is 29.2 Å². The molecule has 1 aromatic rings. The molecule has 4 heteroatoms. The molecule has 0 aliphatic carbocycles. The molecule has 0 aromatic heterocycles. The van der Waals surface area contributed by atoms with E-state index in [4.69, 9.17) is 0 Å². The van der Waals surface area contributed by atoms with E-state index in [0.29, 0.717) is 12.5 Å². The van der Waals surface area contributed by atoms with Gasteiger partial charge in [0.05, 0.1) is 6.10 Å². The standard InChI is InChI=1S/C14H19F2NO/c1-10(18)11-5-7-17(8-6-11)9-12-13(15)3-2-4-14(12)16/h2-4,10-11,18H,5-9H2,1H3. The third-order valence-electron chi connectivity index (χ3n) is 3.76. The fraction of sp³-hybridized carbons (Fsp3) is 0.571. The summed E-state index contributed by atoms with van der Waals surface area (Å²) in [4.78, 5) is 2.04. The van der Waals surface area contributed by atoms with Gasteiger partial charge in [-0.1, -0.05) is 6.07 Å². The van der Waals surface area contributed by atoms with E-state index in [1.165, 1.54) is 18.2 Å². The normalized spacial score (nSPS) is 20.0. The van der Waals surface area contributed by atoms with Crippen molar-refractivity contribution in [3.05, 3.63) is 35.4 Å². The van der Waals surface area contributed by atoms with Crippen LogP contribution in [0.4, 0.5) is 8.78 Å². The second-order valence-corrected chi connectivity index (χ2v) is 5.05. The number of likely N-dealkylation sites (tertiary alicyclic amines) is 1. The Labute approximate surface area is 106 Å². The van der Waals surface area contributed by atoms with Crippen LogP contribution in [0.15, 0.2) is 18.2 Å². The second kappa shape index (κ2) is 5.76. The highest BCUT2D eigenvalue weighted by atomic mass is 19.1. The Kier molecular flexibility index (Phi) is 4.30. The van der Waals surface area contributed by atoms with Crippen molar-refractivity contribution in [1.29, 1.82) is 0 Å². The van der Waals surface area contributed by atoms with Crippen molar-refractivity contribution in [2.45, 2.75) is 32.4 Å². The number of rotatable bonds is 3. The minimum Gasteiger partial charge on any atom is -0.393 e. The number of benzene rings is 1. The number of aliphatic hydroxyl groups is 1. The van der Waals surface area contributed by atoms with E-state index in [9.17, 15) is 13.9 Å². The van der Waals surface area contributed by atoms with Crippen LogP contribution in [0.2, 0.25) is 0 Å². The van der Waals surface area contributed by atoms with Gasteiger partial charge in [0.1, 0.15) is 11.6 Å². The van der Waals surface area contributed by atoms with Gasteiger partial charge in [-0.15, -0.1) is 0 Å². The lowest BCUT2D eigenvalue weighted by atomic mass is 9.92. The Hall–Kier alpha value is -1.00. The third-order valence-corrected chi connectivity index (χ3v) is 3.76. The van der Waals surface area contributed by atoms with Crippen LogP contribution >= 0.6 is 0 Å². The fourth-order valence-electron chi connectivity index (χ4n) is 2.50. The van der Waals surface area contributed by atoms with E-state index in [1.54, 1.807) is 6.92 Å². The van der Waals surface area contributed by atoms with Crippen molar-refractivity contribution < 1.29 is 13.9 Å². The number of hydrogen-bond donors (Lipinski definition) is 1. The average molecular weight is 255 g/mol. The summed E-state index contributed by atoms with van der Waals surface area (Å²) in [6.45, 7) is 3.68. The summed E-state index contributed by atoms with van der Waals surface area (Å²) in [5.41, 5.74) is 0.146. The molecule has 1 aliphatic rings. The molecule has 0 bridgehead atoms. The van der Waals surface area contributed by atoms with E-state index in [2.05, 4.69) is 0 Å². The summed E-state index contributed by atoms with van der Waals surface area (Å²) in [7, 11) is 0. The van der Waals surface area contributed by atoms with Crippen molar-refractivity contribution in [1.82, 2.24) is 4.90 Å². The molecule has 1 N–H and O–H groups in total. The molecule has 1 aromatic carbocycles. The van der Waals surface area contributed by atoms with Gasteiger partial charge in [0.25, 0.3) is 0 Å². The quantitative estimate of drug-likeness (QED) is 0.897. The van der Waals surface area contributed by atoms with Gasteiger partial charge in [-0.25, -0.2) is 8.78 Å². The Morgan fingerprint density at radius 3 is 2.33 bits per heavy atom. The van der Waals surface area contributed by atoms with Crippen LogP contribution in [-0.2, 0) is 6.54 Å². The molecule has 2 nitrogen and oxygen atoms in total. The molecule has 2 rings (SSSR count). The molecule has 18 heavy (non-hydrogen) atoms. The largest absolute Gasteiger partial charge is 0.393 e. The number of aliphatic hydroxyl groups excluding tert-OH is 1. The van der Waals surface area contributed by atoms with Gasteiger partial charge in [-0.2, -0.15) is 0 Å². The Morgan fingerprint density at radius 1 is 1.28 bits per heavy atom. The first-order valence-electron chi connectivity index (χ1n) is 6.41. The molecule has 1 atom stereocenters. The molecular weight excluding hydrogens is 236 g/mol. The first-order valence-corrected chi connectivity index (χ1v) is 6.41. The topological polar surface area (TPSA) is 23.5 Å². The fourth-order valence-corrected chi connectivity index (χ4v) is 2.50. The average Bonchev–Trinajstić information content (AvgIpc) is 2.34. The summed E-state index contributed by atoms with van der Waals surface area (Å²) in [6.07, 6.45) is 1.47.